The number of halogens is 1. The SMILES string of the molecule is CC(=O)O[C@@H]1O[C@@H](C)[C@@H](O)[C@@H](O[Si](C)(C)C(C)(C)C)[C@H]1I. The van der Waals surface area contributed by atoms with Gasteiger partial charge < -0.3 is 19.0 Å². The molecule has 1 saturated heterocycles. The number of aliphatic hydroxyl groups is 1. The van der Waals surface area contributed by atoms with Crippen LogP contribution in [0.1, 0.15) is 34.6 Å². The number of esters is 1. The molecule has 5 atom stereocenters. The molecule has 1 N–H and O–H groups in total. The van der Waals surface area contributed by atoms with E-state index in [1.807, 2.05) is 0 Å². The van der Waals surface area contributed by atoms with E-state index in [1.165, 1.54) is 6.92 Å². The lowest BCUT2D eigenvalue weighted by Crippen LogP contribution is -2.60. The second kappa shape index (κ2) is 6.82. The van der Waals surface area contributed by atoms with Crippen molar-refractivity contribution >= 4 is 36.9 Å². The molecule has 0 aromatic carbocycles. The van der Waals surface area contributed by atoms with Gasteiger partial charge in [-0.05, 0) is 25.1 Å². The van der Waals surface area contributed by atoms with Crippen molar-refractivity contribution in [2.45, 2.75) is 81.3 Å². The van der Waals surface area contributed by atoms with E-state index in [2.05, 4.69) is 56.5 Å². The maximum atomic E-state index is 11.2. The maximum Gasteiger partial charge on any atom is 0.304 e. The zero-order valence-electron chi connectivity index (χ0n) is 13.8. The highest BCUT2D eigenvalue weighted by atomic mass is 127. The Morgan fingerprint density at radius 2 is 1.86 bits per heavy atom. The topological polar surface area (TPSA) is 65.0 Å². The summed E-state index contributed by atoms with van der Waals surface area (Å²) in [5, 5.41) is 10.5. The van der Waals surface area contributed by atoms with Gasteiger partial charge in [-0.25, -0.2) is 0 Å². The molecule has 5 nitrogen and oxygen atoms in total. The van der Waals surface area contributed by atoms with Crippen LogP contribution in [-0.4, -0.2) is 47.9 Å². The van der Waals surface area contributed by atoms with Crippen LogP contribution < -0.4 is 0 Å². The van der Waals surface area contributed by atoms with Gasteiger partial charge in [0, 0.05) is 6.92 Å². The van der Waals surface area contributed by atoms with Crippen LogP contribution in [0.5, 0.6) is 0 Å². The van der Waals surface area contributed by atoms with Gasteiger partial charge in [0.1, 0.15) is 10.0 Å². The molecule has 0 saturated carbocycles. The lowest BCUT2D eigenvalue weighted by Gasteiger charge is -2.46. The Balaban J connectivity index is 2.94. The predicted octanol–water partition coefficient (Wildman–Crippen LogP) is 2.85. The van der Waals surface area contributed by atoms with Crippen molar-refractivity contribution in [1.29, 1.82) is 0 Å². The molecule has 1 aliphatic heterocycles. The Labute approximate surface area is 142 Å². The molecule has 1 aliphatic rings. The first-order chi connectivity index (χ1) is 9.36. The van der Waals surface area contributed by atoms with Crippen molar-refractivity contribution < 1.29 is 23.8 Å². The summed E-state index contributed by atoms with van der Waals surface area (Å²) in [5.41, 5.74) is 0. The van der Waals surface area contributed by atoms with Gasteiger partial charge in [-0.2, -0.15) is 0 Å². The van der Waals surface area contributed by atoms with Crippen molar-refractivity contribution in [2.75, 3.05) is 0 Å². The van der Waals surface area contributed by atoms with Crippen LogP contribution >= 0.6 is 22.6 Å². The van der Waals surface area contributed by atoms with Gasteiger partial charge in [0.25, 0.3) is 0 Å². The summed E-state index contributed by atoms with van der Waals surface area (Å²) in [6.07, 6.45) is -2.25. The third-order valence-corrected chi connectivity index (χ3v) is 10.0. The highest BCUT2D eigenvalue weighted by Crippen LogP contribution is 2.40. The van der Waals surface area contributed by atoms with Crippen LogP contribution in [0.4, 0.5) is 0 Å². The van der Waals surface area contributed by atoms with Gasteiger partial charge in [-0.15, -0.1) is 0 Å². The zero-order chi connectivity index (χ0) is 16.6. The minimum atomic E-state index is -2.04. The van der Waals surface area contributed by atoms with Crippen molar-refractivity contribution in [2.24, 2.45) is 0 Å². The Kier molecular flexibility index (Phi) is 6.28. The van der Waals surface area contributed by atoms with E-state index in [0.717, 1.165) is 0 Å². The van der Waals surface area contributed by atoms with E-state index in [-0.39, 0.29) is 8.96 Å². The molecule has 0 bridgehead atoms. The van der Waals surface area contributed by atoms with Crippen molar-refractivity contribution in [3.63, 3.8) is 0 Å². The minimum absolute atomic E-state index is 0.0432. The largest absolute Gasteiger partial charge is 0.435 e. The summed E-state index contributed by atoms with van der Waals surface area (Å²) >= 11 is 2.14. The Morgan fingerprint density at radius 1 is 1.33 bits per heavy atom. The molecule has 0 spiro atoms. The quantitative estimate of drug-likeness (QED) is 0.323. The van der Waals surface area contributed by atoms with Crippen molar-refractivity contribution in [3.05, 3.63) is 0 Å². The highest BCUT2D eigenvalue weighted by Gasteiger charge is 2.49. The fourth-order valence-electron chi connectivity index (χ4n) is 1.89. The van der Waals surface area contributed by atoms with E-state index in [1.54, 1.807) is 6.92 Å². The summed E-state index contributed by atoms with van der Waals surface area (Å²) in [6, 6.07) is 0. The molecule has 0 radical (unpaired) electrons. The van der Waals surface area contributed by atoms with Gasteiger partial charge in [0.15, 0.2) is 8.32 Å². The fraction of sp³-hybridized carbons (Fsp3) is 0.929. The molecule has 0 aromatic rings. The first kappa shape index (κ1) is 19.3. The number of hydrogen-bond acceptors (Lipinski definition) is 5. The summed E-state index contributed by atoms with van der Waals surface area (Å²) in [4.78, 5) is 11.2. The average Bonchev–Trinajstić information content (AvgIpc) is 2.29. The smallest absolute Gasteiger partial charge is 0.304 e. The lowest BCUT2D eigenvalue weighted by atomic mass is 10.0. The van der Waals surface area contributed by atoms with Crippen molar-refractivity contribution in [1.82, 2.24) is 0 Å². The van der Waals surface area contributed by atoms with Gasteiger partial charge in [0.05, 0.1) is 12.2 Å². The summed E-state index contributed by atoms with van der Waals surface area (Å²) in [6.45, 7) is 13.9. The van der Waals surface area contributed by atoms with Crippen LogP contribution in [0, 0.1) is 0 Å². The summed E-state index contributed by atoms with van der Waals surface area (Å²) < 4.78 is 16.9. The molecule has 1 fully saturated rings. The van der Waals surface area contributed by atoms with Crippen LogP contribution in [0.3, 0.4) is 0 Å². The summed E-state index contributed by atoms with van der Waals surface area (Å²) in [5.74, 6) is -0.392. The summed E-state index contributed by atoms with van der Waals surface area (Å²) in [7, 11) is -2.04. The monoisotopic (exact) mass is 430 g/mol. The number of carbonyl (C=O) groups is 1. The number of aliphatic hydroxyl groups excluding tert-OH is 1. The number of alkyl halides is 1. The number of rotatable bonds is 3. The Bertz CT molecular complexity index is 382. The first-order valence-corrected chi connectivity index (χ1v) is 11.3. The van der Waals surface area contributed by atoms with Gasteiger partial charge in [-0.3, -0.25) is 4.79 Å². The van der Waals surface area contributed by atoms with E-state index in [0.29, 0.717) is 0 Å². The lowest BCUT2D eigenvalue weighted by molar-refractivity contribution is -0.231. The normalized spacial score (nSPS) is 34.6. The van der Waals surface area contributed by atoms with Crippen LogP contribution in [-0.2, 0) is 18.7 Å². The van der Waals surface area contributed by atoms with Crippen molar-refractivity contribution in [3.8, 4) is 0 Å². The third-order valence-electron chi connectivity index (χ3n) is 4.26. The van der Waals surface area contributed by atoms with E-state index in [4.69, 9.17) is 13.9 Å². The molecular formula is C14H27IO5Si. The number of ether oxygens (including phenoxy) is 2. The highest BCUT2D eigenvalue weighted by molar-refractivity contribution is 14.1. The standard InChI is InChI=1S/C14H27IO5Si/c1-8-11(17)12(20-21(6,7)14(3,4)5)10(15)13(18-8)19-9(2)16/h8,10-13,17H,1-7H3/t8-,10+,11+,12-,13-/m0/s1. The Morgan fingerprint density at radius 3 is 2.29 bits per heavy atom. The second-order valence-corrected chi connectivity index (χ2v) is 13.3. The predicted molar refractivity (Wildman–Crippen MR) is 92.0 cm³/mol. The molecule has 1 heterocycles. The molecular weight excluding hydrogens is 403 g/mol. The molecule has 124 valence electrons. The molecule has 1 rings (SSSR count). The van der Waals surface area contributed by atoms with E-state index >= 15 is 0 Å². The van der Waals surface area contributed by atoms with Crippen LogP contribution in [0.25, 0.3) is 0 Å². The van der Waals surface area contributed by atoms with Gasteiger partial charge in [-0.1, -0.05) is 43.4 Å². The van der Waals surface area contributed by atoms with Gasteiger partial charge in [0.2, 0.25) is 6.29 Å². The molecule has 0 aliphatic carbocycles. The third kappa shape index (κ3) is 4.63. The average molecular weight is 430 g/mol. The minimum Gasteiger partial charge on any atom is -0.435 e. The molecule has 0 amide bonds. The van der Waals surface area contributed by atoms with E-state index < -0.39 is 38.9 Å². The zero-order valence-corrected chi connectivity index (χ0v) is 17.0. The maximum absolute atomic E-state index is 11.2. The molecule has 0 aromatic heterocycles. The Hall–Kier alpha value is 0.297. The molecule has 7 heteroatoms. The van der Waals surface area contributed by atoms with Crippen LogP contribution in [0.2, 0.25) is 18.1 Å². The van der Waals surface area contributed by atoms with Crippen LogP contribution in [0.15, 0.2) is 0 Å². The first-order valence-electron chi connectivity index (χ1n) is 7.19. The molecule has 21 heavy (non-hydrogen) atoms. The molecule has 0 unspecified atom stereocenters. The number of hydrogen-bond donors (Lipinski definition) is 1. The van der Waals surface area contributed by atoms with Gasteiger partial charge >= 0.3 is 5.97 Å². The fourth-order valence-corrected chi connectivity index (χ4v) is 4.37. The van der Waals surface area contributed by atoms with E-state index in [9.17, 15) is 9.90 Å². The second-order valence-electron chi connectivity index (χ2n) is 7.10. The number of carbonyl (C=O) groups excluding carboxylic acids is 1.